The molecule has 4 heterocycles. The Morgan fingerprint density at radius 2 is 1.82 bits per heavy atom. The van der Waals surface area contributed by atoms with E-state index in [0.29, 0.717) is 30.2 Å². The molecule has 1 aromatic rings. The quantitative estimate of drug-likeness (QED) is 0.457. The Morgan fingerprint density at radius 3 is 2.45 bits per heavy atom. The van der Waals surface area contributed by atoms with Gasteiger partial charge in [-0.1, -0.05) is 30.7 Å². The van der Waals surface area contributed by atoms with E-state index in [9.17, 15) is 8.42 Å². The second-order valence-electron chi connectivity index (χ2n) is 11.2. The van der Waals surface area contributed by atoms with Gasteiger partial charge in [-0.25, -0.2) is 13.4 Å². The van der Waals surface area contributed by atoms with Gasteiger partial charge in [0, 0.05) is 63.9 Å². The maximum Gasteiger partial charge on any atom is 0.211 e. The molecular weight excluding hydrogens is 520 g/mol. The van der Waals surface area contributed by atoms with Crippen molar-refractivity contribution in [2.24, 2.45) is 4.99 Å². The van der Waals surface area contributed by atoms with E-state index in [4.69, 9.17) is 21.3 Å². The molecule has 0 radical (unpaired) electrons. The van der Waals surface area contributed by atoms with Gasteiger partial charge in [0.1, 0.15) is 17.7 Å². The molecule has 0 N–H and O–H groups in total. The molecule has 2 atom stereocenters. The third kappa shape index (κ3) is 6.30. The lowest BCUT2D eigenvalue weighted by molar-refractivity contribution is 0.0691. The first-order valence-corrected chi connectivity index (χ1v) is 16.3. The highest BCUT2D eigenvalue weighted by Crippen LogP contribution is 2.42. The molecule has 4 aliphatic heterocycles. The fourth-order valence-electron chi connectivity index (χ4n) is 6.38. The van der Waals surface area contributed by atoms with Gasteiger partial charge in [0.05, 0.1) is 11.3 Å². The van der Waals surface area contributed by atoms with Gasteiger partial charge < -0.3 is 9.64 Å². The Morgan fingerprint density at radius 1 is 1.11 bits per heavy atom. The molecule has 0 aliphatic carbocycles. The van der Waals surface area contributed by atoms with Crippen LogP contribution in [0.4, 0.5) is 0 Å². The maximum absolute atomic E-state index is 11.8. The SMILES string of the molecule is CCC1=CCCC(C)=C(N2C3CCC2CC(Oc2ccc(CN4CCN(S(C)(=O)=O)CC4)cc2Cl)C3)N=C1. The van der Waals surface area contributed by atoms with E-state index in [1.165, 1.54) is 36.1 Å². The maximum atomic E-state index is 11.8. The second-order valence-corrected chi connectivity index (χ2v) is 13.6. The first-order valence-electron chi connectivity index (χ1n) is 14.0. The van der Waals surface area contributed by atoms with E-state index in [1.807, 2.05) is 12.1 Å². The number of piperazine rings is 1. The molecule has 208 valence electrons. The number of benzene rings is 1. The van der Waals surface area contributed by atoms with E-state index >= 15 is 0 Å². The Balaban J connectivity index is 1.19. The molecule has 2 bridgehead atoms. The van der Waals surface area contributed by atoms with Gasteiger partial charge in [-0.2, -0.15) is 4.31 Å². The number of allylic oxidation sites excluding steroid dienone is 3. The molecule has 4 aliphatic rings. The average Bonchev–Trinajstić information content (AvgIpc) is 3.12. The monoisotopic (exact) mass is 560 g/mol. The minimum absolute atomic E-state index is 0.153. The highest BCUT2D eigenvalue weighted by molar-refractivity contribution is 7.88. The Hall–Kier alpha value is -1.87. The lowest BCUT2D eigenvalue weighted by Gasteiger charge is -2.41. The lowest BCUT2D eigenvalue weighted by Crippen LogP contribution is -2.47. The van der Waals surface area contributed by atoms with E-state index < -0.39 is 10.0 Å². The van der Waals surface area contributed by atoms with Gasteiger partial charge in [0.2, 0.25) is 10.0 Å². The number of nitrogens with zero attached hydrogens (tertiary/aromatic N) is 4. The molecule has 0 aromatic heterocycles. The van der Waals surface area contributed by atoms with Crippen LogP contribution in [-0.4, -0.2) is 79.4 Å². The van der Waals surface area contributed by atoms with Crippen LogP contribution in [0.5, 0.6) is 5.75 Å². The van der Waals surface area contributed by atoms with Crippen molar-refractivity contribution in [2.75, 3.05) is 32.4 Å². The van der Waals surface area contributed by atoms with Crippen molar-refractivity contribution >= 4 is 27.8 Å². The Labute approximate surface area is 233 Å². The first-order chi connectivity index (χ1) is 18.2. The molecule has 7 nitrogen and oxygen atoms in total. The Kier molecular flexibility index (Phi) is 8.53. The first kappa shape index (κ1) is 27.7. The van der Waals surface area contributed by atoms with Crippen LogP contribution >= 0.6 is 11.6 Å². The fourth-order valence-corrected chi connectivity index (χ4v) is 7.45. The summed E-state index contributed by atoms with van der Waals surface area (Å²) in [5.41, 5.74) is 3.84. The fraction of sp³-hybridized carbons (Fsp3) is 0.621. The number of hydrogen-bond acceptors (Lipinski definition) is 6. The van der Waals surface area contributed by atoms with Crippen LogP contribution in [0.2, 0.25) is 5.02 Å². The third-order valence-corrected chi connectivity index (χ3v) is 10.1. The number of sulfonamides is 1. The summed E-state index contributed by atoms with van der Waals surface area (Å²) in [7, 11) is -3.12. The molecule has 0 spiro atoms. The predicted molar refractivity (Wildman–Crippen MR) is 154 cm³/mol. The van der Waals surface area contributed by atoms with Crippen LogP contribution in [0.15, 0.2) is 46.2 Å². The highest BCUT2D eigenvalue weighted by atomic mass is 35.5. The average molecular weight is 561 g/mol. The smallest absolute Gasteiger partial charge is 0.211 e. The summed E-state index contributed by atoms with van der Waals surface area (Å²) < 4.78 is 31.6. The van der Waals surface area contributed by atoms with Crippen LogP contribution in [0.3, 0.4) is 0 Å². The summed E-state index contributed by atoms with van der Waals surface area (Å²) in [6.07, 6.45) is 13.4. The summed E-state index contributed by atoms with van der Waals surface area (Å²) in [6.45, 7) is 7.71. The number of aliphatic imine (C=N–C) groups is 1. The molecule has 0 amide bonds. The van der Waals surface area contributed by atoms with E-state index in [0.717, 1.165) is 63.1 Å². The highest BCUT2D eigenvalue weighted by Gasteiger charge is 2.43. The number of fused-ring (bicyclic) bond motifs is 2. The zero-order valence-electron chi connectivity index (χ0n) is 22.9. The van der Waals surface area contributed by atoms with Crippen molar-refractivity contribution in [3.05, 3.63) is 51.8 Å². The van der Waals surface area contributed by atoms with E-state index in [1.54, 1.807) is 4.31 Å². The van der Waals surface area contributed by atoms with Crippen molar-refractivity contribution in [2.45, 2.75) is 83.5 Å². The zero-order valence-corrected chi connectivity index (χ0v) is 24.5. The summed E-state index contributed by atoms with van der Waals surface area (Å²) in [5.74, 6) is 1.95. The number of ether oxygens (including phenoxy) is 1. The van der Waals surface area contributed by atoms with Crippen LogP contribution in [0, 0.1) is 0 Å². The number of piperidine rings is 1. The minimum Gasteiger partial charge on any atom is -0.489 e. The van der Waals surface area contributed by atoms with Gasteiger partial charge in [-0.3, -0.25) is 4.90 Å². The molecule has 2 unspecified atom stereocenters. The van der Waals surface area contributed by atoms with E-state index in [2.05, 4.69) is 42.0 Å². The van der Waals surface area contributed by atoms with Crippen molar-refractivity contribution < 1.29 is 13.2 Å². The summed E-state index contributed by atoms with van der Waals surface area (Å²) >= 11 is 6.69. The van der Waals surface area contributed by atoms with Crippen molar-refractivity contribution in [3.63, 3.8) is 0 Å². The van der Waals surface area contributed by atoms with Crippen molar-refractivity contribution in [1.82, 2.24) is 14.1 Å². The molecule has 5 rings (SSSR count). The van der Waals surface area contributed by atoms with Crippen molar-refractivity contribution in [3.8, 4) is 5.75 Å². The van der Waals surface area contributed by atoms with Gasteiger partial charge >= 0.3 is 0 Å². The minimum atomic E-state index is -3.12. The Bertz CT molecular complexity index is 1210. The molecule has 9 heteroatoms. The third-order valence-electron chi connectivity index (χ3n) is 8.50. The lowest BCUT2D eigenvalue weighted by atomic mass is 9.98. The zero-order chi connectivity index (χ0) is 26.9. The predicted octanol–water partition coefficient (Wildman–Crippen LogP) is 5.22. The van der Waals surface area contributed by atoms with Crippen LogP contribution < -0.4 is 4.74 Å². The van der Waals surface area contributed by atoms with Crippen LogP contribution in [-0.2, 0) is 16.6 Å². The largest absolute Gasteiger partial charge is 0.489 e. The molecule has 1 aromatic carbocycles. The van der Waals surface area contributed by atoms with E-state index in [-0.39, 0.29) is 6.10 Å². The summed E-state index contributed by atoms with van der Waals surface area (Å²) in [5, 5.41) is 0.647. The topological polar surface area (TPSA) is 65.5 Å². The van der Waals surface area contributed by atoms with Gasteiger partial charge in [0.15, 0.2) is 0 Å². The van der Waals surface area contributed by atoms with Crippen LogP contribution in [0.1, 0.15) is 64.4 Å². The standard InChI is InChI=1S/C29H41ClN4O3S/c1-4-22-7-5-6-21(2)29(31-19-22)34-24-9-10-25(34)18-26(17-24)37-28-11-8-23(16-27(28)30)20-32-12-14-33(15-13-32)38(3,35)36/h7-8,11,16,19,24-26H,4-6,9-10,12-15,17-18,20H2,1-3H3. The summed E-state index contributed by atoms with van der Waals surface area (Å²) in [6, 6.07) is 7.00. The molecular formula is C29H41ClN4O3S. The number of hydrogen-bond donors (Lipinski definition) is 0. The normalized spacial score (nSPS) is 27.3. The number of rotatable bonds is 7. The molecule has 3 saturated heterocycles. The summed E-state index contributed by atoms with van der Waals surface area (Å²) in [4.78, 5) is 9.86. The van der Waals surface area contributed by atoms with Gasteiger partial charge in [-0.15, -0.1) is 0 Å². The van der Waals surface area contributed by atoms with Gasteiger partial charge in [0.25, 0.3) is 0 Å². The molecule has 38 heavy (non-hydrogen) atoms. The second kappa shape index (κ2) is 11.7. The van der Waals surface area contributed by atoms with Gasteiger partial charge in [-0.05, 0) is 67.9 Å². The van der Waals surface area contributed by atoms with Crippen LogP contribution in [0.25, 0.3) is 0 Å². The van der Waals surface area contributed by atoms with Crippen molar-refractivity contribution in [1.29, 1.82) is 0 Å². The number of halogens is 1. The molecule has 3 fully saturated rings. The molecule has 0 saturated carbocycles.